The van der Waals surface area contributed by atoms with E-state index in [1.807, 2.05) is 0 Å². The lowest BCUT2D eigenvalue weighted by Crippen LogP contribution is -2.45. The zero-order valence-electron chi connectivity index (χ0n) is 8.52. The Bertz CT molecular complexity index is 474. The minimum atomic E-state index is -3.60. The predicted molar refractivity (Wildman–Crippen MR) is 61.2 cm³/mol. The molecule has 0 radical (unpaired) electrons. The van der Waals surface area contributed by atoms with Crippen LogP contribution in [0.2, 0.25) is 5.02 Å². The van der Waals surface area contributed by atoms with Gasteiger partial charge in [0.05, 0.1) is 11.2 Å². The summed E-state index contributed by atoms with van der Waals surface area (Å²) in [6.45, 7) is 0. The summed E-state index contributed by atoms with van der Waals surface area (Å²) >= 11 is 11.6. The van der Waals surface area contributed by atoms with Gasteiger partial charge in [-0.05, 0) is 12.8 Å². The average molecular weight is 284 g/mol. The van der Waals surface area contributed by atoms with Crippen LogP contribution in [0.15, 0.2) is 11.2 Å². The molecule has 0 bridgehead atoms. The van der Waals surface area contributed by atoms with Crippen molar-refractivity contribution in [2.24, 2.45) is 7.05 Å². The van der Waals surface area contributed by atoms with Gasteiger partial charge in [0.1, 0.15) is 0 Å². The third-order valence-electron chi connectivity index (χ3n) is 2.50. The van der Waals surface area contributed by atoms with Crippen molar-refractivity contribution in [1.29, 1.82) is 0 Å². The van der Waals surface area contributed by atoms with Gasteiger partial charge in [-0.2, -0.15) is 5.10 Å². The summed E-state index contributed by atoms with van der Waals surface area (Å²) in [7, 11) is -2.07. The number of nitrogens with one attached hydrogen (secondary N) is 1. The zero-order chi connectivity index (χ0) is 11.9. The summed E-state index contributed by atoms with van der Waals surface area (Å²) < 4.78 is 27.7. The van der Waals surface area contributed by atoms with Crippen LogP contribution in [-0.2, 0) is 17.1 Å². The molecular formula is C8H11Cl2N3O2S. The maximum absolute atomic E-state index is 11.9. The van der Waals surface area contributed by atoms with E-state index in [1.165, 1.54) is 17.9 Å². The van der Waals surface area contributed by atoms with Crippen LogP contribution in [0, 0.1) is 0 Å². The number of rotatable bonds is 3. The lowest BCUT2D eigenvalue weighted by molar-refractivity contribution is 0.390. The molecule has 5 nitrogen and oxygen atoms in total. The summed E-state index contributed by atoms with van der Waals surface area (Å²) in [5.41, 5.74) is 0. The molecule has 1 aliphatic carbocycles. The van der Waals surface area contributed by atoms with Gasteiger partial charge in [0.15, 0.2) is 5.03 Å². The van der Waals surface area contributed by atoms with Crippen molar-refractivity contribution in [3.63, 3.8) is 0 Å². The molecule has 1 saturated carbocycles. The van der Waals surface area contributed by atoms with E-state index in [0.29, 0.717) is 12.8 Å². The molecule has 0 aliphatic heterocycles. The fourth-order valence-electron chi connectivity index (χ4n) is 1.62. The number of sulfonamides is 1. The number of halogens is 2. The summed E-state index contributed by atoms with van der Waals surface area (Å²) in [6, 6.07) is -0.0986. The largest absolute Gasteiger partial charge is 0.259 e. The van der Waals surface area contributed by atoms with Crippen molar-refractivity contribution < 1.29 is 8.42 Å². The van der Waals surface area contributed by atoms with Crippen molar-refractivity contribution in [3.05, 3.63) is 11.2 Å². The molecule has 0 amide bonds. The topological polar surface area (TPSA) is 64.0 Å². The van der Waals surface area contributed by atoms with Crippen LogP contribution in [0.3, 0.4) is 0 Å². The summed E-state index contributed by atoms with van der Waals surface area (Å²) in [4.78, 5) is 0. The first-order valence-corrected chi connectivity index (χ1v) is 7.04. The smallest absolute Gasteiger partial charge is 0.255 e. The molecule has 2 rings (SSSR count). The van der Waals surface area contributed by atoms with Crippen LogP contribution in [0.25, 0.3) is 0 Å². The van der Waals surface area contributed by atoms with Gasteiger partial charge in [-0.25, -0.2) is 13.1 Å². The lowest BCUT2D eigenvalue weighted by atomic mass is 9.94. The summed E-state index contributed by atoms with van der Waals surface area (Å²) in [5.74, 6) is 0. The van der Waals surface area contributed by atoms with Crippen molar-refractivity contribution in [3.8, 4) is 0 Å². The Morgan fingerprint density at radius 1 is 1.56 bits per heavy atom. The van der Waals surface area contributed by atoms with Crippen molar-refractivity contribution in [2.75, 3.05) is 0 Å². The third kappa shape index (κ3) is 2.20. The Morgan fingerprint density at radius 3 is 2.62 bits per heavy atom. The molecule has 1 N–H and O–H groups in total. The van der Waals surface area contributed by atoms with Crippen molar-refractivity contribution in [1.82, 2.24) is 14.5 Å². The number of hydrogen-bond donors (Lipinski definition) is 1. The number of aromatic nitrogens is 2. The van der Waals surface area contributed by atoms with E-state index in [2.05, 4.69) is 9.82 Å². The van der Waals surface area contributed by atoms with Crippen LogP contribution in [0.4, 0.5) is 0 Å². The second-order valence-electron chi connectivity index (χ2n) is 3.81. The first-order chi connectivity index (χ1) is 7.40. The van der Waals surface area contributed by atoms with E-state index >= 15 is 0 Å². The number of aryl methyl sites for hydroxylation is 1. The minimum absolute atomic E-state index is 0.00723. The fourth-order valence-corrected chi connectivity index (χ4v) is 3.97. The molecule has 0 atom stereocenters. The highest BCUT2D eigenvalue weighted by atomic mass is 35.5. The lowest BCUT2D eigenvalue weighted by Gasteiger charge is -2.31. The van der Waals surface area contributed by atoms with Crippen LogP contribution in [-0.4, -0.2) is 29.6 Å². The highest BCUT2D eigenvalue weighted by molar-refractivity contribution is 7.89. The van der Waals surface area contributed by atoms with Gasteiger partial charge in [-0.1, -0.05) is 11.6 Å². The molecule has 0 unspecified atom stereocenters. The molecule has 1 heterocycles. The van der Waals surface area contributed by atoms with Gasteiger partial charge in [-0.15, -0.1) is 11.6 Å². The molecular weight excluding hydrogens is 273 g/mol. The highest BCUT2D eigenvalue weighted by Crippen LogP contribution is 2.28. The molecule has 0 spiro atoms. The highest BCUT2D eigenvalue weighted by Gasteiger charge is 2.33. The Kier molecular flexibility index (Phi) is 3.18. The van der Waals surface area contributed by atoms with Crippen LogP contribution in [0.5, 0.6) is 0 Å². The Hall–Kier alpha value is -0.300. The molecule has 1 aromatic heterocycles. The van der Waals surface area contributed by atoms with Crippen molar-refractivity contribution in [2.45, 2.75) is 29.3 Å². The van der Waals surface area contributed by atoms with Gasteiger partial charge >= 0.3 is 0 Å². The number of nitrogens with zero attached hydrogens (tertiary/aromatic N) is 2. The molecule has 0 aromatic carbocycles. The quantitative estimate of drug-likeness (QED) is 0.846. The summed E-state index contributed by atoms with van der Waals surface area (Å²) in [6.07, 6.45) is 2.60. The maximum atomic E-state index is 11.9. The van der Waals surface area contributed by atoms with Gasteiger partial charge in [-0.3, -0.25) is 4.68 Å². The van der Waals surface area contributed by atoms with Gasteiger partial charge in [0.25, 0.3) is 10.0 Å². The number of alkyl halides is 1. The van der Waals surface area contributed by atoms with Crippen LogP contribution in [0.1, 0.15) is 12.8 Å². The fraction of sp³-hybridized carbons (Fsp3) is 0.625. The standard InChI is InChI=1S/C8H11Cl2N3O2S/c1-13-8(7(10)4-11-13)16(14,15)12-6-2-5(9)3-6/h4-6,12H,2-3H2,1H3. The van der Waals surface area contributed by atoms with Gasteiger partial charge in [0.2, 0.25) is 0 Å². The first kappa shape index (κ1) is 12.2. The normalized spacial score (nSPS) is 25.4. The Morgan fingerprint density at radius 2 is 2.19 bits per heavy atom. The second-order valence-corrected chi connectivity index (χ2v) is 6.46. The van der Waals surface area contributed by atoms with E-state index in [-0.39, 0.29) is 21.5 Å². The molecule has 1 aliphatic rings. The van der Waals surface area contributed by atoms with Crippen molar-refractivity contribution >= 4 is 33.2 Å². The van der Waals surface area contributed by atoms with E-state index in [4.69, 9.17) is 23.2 Å². The van der Waals surface area contributed by atoms with E-state index in [0.717, 1.165) is 0 Å². The van der Waals surface area contributed by atoms with E-state index in [1.54, 1.807) is 0 Å². The molecule has 1 aromatic rings. The van der Waals surface area contributed by atoms with Crippen LogP contribution >= 0.6 is 23.2 Å². The molecule has 90 valence electrons. The first-order valence-electron chi connectivity index (χ1n) is 4.74. The Labute approximate surface area is 104 Å². The monoisotopic (exact) mass is 283 g/mol. The van der Waals surface area contributed by atoms with Gasteiger partial charge < -0.3 is 0 Å². The van der Waals surface area contributed by atoms with Crippen LogP contribution < -0.4 is 4.72 Å². The molecule has 1 fully saturated rings. The maximum Gasteiger partial charge on any atom is 0.259 e. The summed E-state index contributed by atoms with van der Waals surface area (Å²) in [5, 5.41) is 3.97. The third-order valence-corrected chi connectivity index (χ3v) is 4.88. The zero-order valence-corrected chi connectivity index (χ0v) is 10.8. The predicted octanol–water partition coefficient (Wildman–Crippen LogP) is 1.12. The molecule has 8 heteroatoms. The second kappa shape index (κ2) is 4.18. The van der Waals surface area contributed by atoms with Gasteiger partial charge in [0, 0.05) is 18.5 Å². The SMILES string of the molecule is Cn1ncc(Cl)c1S(=O)(=O)NC1CC(Cl)C1. The minimum Gasteiger partial charge on any atom is -0.255 e. The van der Waals surface area contributed by atoms with E-state index in [9.17, 15) is 8.42 Å². The average Bonchev–Trinajstić information content (AvgIpc) is 2.43. The van der Waals surface area contributed by atoms with E-state index < -0.39 is 10.0 Å². The Balaban J connectivity index is 2.19. The number of hydrogen-bond acceptors (Lipinski definition) is 3. The molecule has 0 saturated heterocycles. The molecule has 16 heavy (non-hydrogen) atoms.